The number of rotatable bonds is 6. The molecule has 0 bridgehead atoms. The van der Waals surface area contributed by atoms with Gasteiger partial charge in [-0.15, -0.1) is 0 Å². The lowest BCUT2D eigenvalue weighted by Gasteiger charge is -2.15. The third kappa shape index (κ3) is 5.50. The van der Waals surface area contributed by atoms with E-state index < -0.39 is 5.97 Å². The number of allylic oxidation sites excluding steroid dienone is 1. The molecule has 0 aliphatic rings. The number of benzene rings is 1. The molecule has 3 N–H and O–H groups in total. The molecule has 4 nitrogen and oxygen atoms in total. The number of esters is 1. The molecule has 1 aromatic carbocycles. The first-order valence-electron chi connectivity index (χ1n) is 5.93. The zero-order chi connectivity index (χ0) is 13.4. The fourth-order valence-electron chi connectivity index (χ4n) is 1.55. The lowest BCUT2D eigenvalue weighted by Crippen LogP contribution is -2.33. The number of nitrogens with one attached hydrogen (secondary N) is 1. The largest absolute Gasteiger partial charge is 0.461 e. The third-order valence-corrected chi connectivity index (χ3v) is 2.51. The first kappa shape index (κ1) is 14.3. The molecule has 0 saturated carbocycles. The summed E-state index contributed by atoms with van der Waals surface area (Å²) in [6.45, 7) is 1.98. The summed E-state index contributed by atoms with van der Waals surface area (Å²) in [7, 11) is 1.85. The van der Waals surface area contributed by atoms with E-state index in [-0.39, 0.29) is 6.04 Å². The Hall–Kier alpha value is -1.81. The highest BCUT2D eigenvalue weighted by Gasteiger charge is 2.09. The average Bonchev–Trinajstić information content (AvgIpc) is 2.35. The predicted molar refractivity (Wildman–Crippen MR) is 71.9 cm³/mol. The summed E-state index contributed by atoms with van der Waals surface area (Å²) < 4.78 is 5.12. The van der Waals surface area contributed by atoms with Gasteiger partial charge in [0.05, 0.1) is 0 Å². The molecule has 1 unspecified atom stereocenters. The van der Waals surface area contributed by atoms with Crippen LogP contribution in [-0.2, 0) is 16.0 Å². The highest BCUT2D eigenvalue weighted by molar-refractivity contribution is 5.82. The second-order valence-electron chi connectivity index (χ2n) is 4.19. The second-order valence-corrected chi connectivity index (χ2v) is 4.19. The number of nitrogens with two attached hydrogens (primary N) is 1. The van der Waals surface area contributed by atoms with Crippen LogP contribution in [0.2, 0.25) is 0 Å². The summed E-state index contributed by atoms with van der Waals surface area (Å²) in [5.74, 6) is -0.400. The molecule has 0 heterocycles. The molecule has 0 aromatic heterocycles. The van der Waals surface area contributed by atoms with Gasteiger partial charge in [0.2, 0.25) is 0 Å². The first-order valence-corrected chi connectivity index (χ1v) is 5.93. The highest BCUT2D eigenvalue weighted by atomic mass is 16.5. The molecule has 0 spiro atoms. The second kappa shape index (κ2) is 7.50. The van der Waals surface area contributed by atoms with Crippen molar-refractivity contribution in [3.63, 3.8) is 0 Å². The third-order valence-electron chi connectivity index (χ3n) is 2.51. The van der Waals surface area contributed by atoms with Gasteiger partial charge in [0.1, 0.15) is 6.61 Å². The maximum atomic E-state index is 11.3. The van der Waals surface area contributed by atoms with Gasteiger partial charge in [0, 0.05) is 17.8 Å². The van der Waals surface area contributed by atoms with E-state index in [0.29, 0.717) is 12.3 Å². The van der Waals surface area contributed by atoms with E-state index in [1.165, 1.54) is 11.6 Å². The van der Waals surface area contributed by atoms with E-state index >= 15 is 0 Å². The molecule has 4 heteroatoms. The highest BCUT2D eigenvalue weighted by Crippen LogP contribution is 2.03. The van der Waals surface area contributed by atoms with Crippen molar-refractivity contribution in [2.24, 2.45) is 5.73 Å². The predicted octanol–water partition coefficient (Wildman–Crippen LogP) is 1.22. The van der Waals surface area contributed by atoms with Crippen molar-refractivity contribution in [3.8, 4) is 0 Å². The fourth-order valence-corrected chi connectivity index (χ4v) is 1.55. The number of ether oxygens (including phenoxy) is 1. The van der Waals surface area contributed by atoms with Crippen LogP contribution in [0.25, 0.3) is 0 Å². The maximum absolute atomic E-state index is 11.3. The molecular weight excluding hydrogens is 228 g/mol. The van der Waals surface area contributed by atoms with Gasteiger partial charge in [-0.25, -0.2) is 4.79 Å². The Kier molecular flexibility index (Phi) is 5.94. The Bertz CT molecular complexity index is 398. The Labute approximate surface area is 108 Å². The number of likely N-dealkylation sites (N-methyl/N-ethyl adjacent to an activating group) is 1. The van der Waals surface area contributed by atoms with Crippen LogP contribution in [0, 0.1) is 0 Å². The van der Waals surface area contributed by atoms with Crippen molar-refractivity contribution in [2.45, 2.75) is 19.4 Å². The van der Waals surface area contributed by atoms with E-state index in [2.05, 4.69) is 17.4 Å². The minimum atomic E-state index is -0.400. The van der Waals surface area contributed by atoms with Crippen LogP contribution in [0.5, 0.6) is 0 Å². The van der Waals surface area contributed by atoms with Gasteiger partial charge < -0.3 is 15.8 Å². The van der Waals surface area contributed by atoms with Gasteiger partial charge in [0.25, 0.3) is 0 Å². The van der Waals surface area contributed by atoms with Crippen molar-refractivity contribution in [3.05, 3.63) is 47.7 Å². The molecule has 0 radical (unpaired) electrons. The number of hydrogen-bond donors (Lipinski definition) is 2. The summed E-state index contributed by atoms with van der Waals surface area (Å²) in [4.78, 5) is 11.3. The molecule has 1 rings (SSSR count). The van der Waals surface area contributed by atoms with Crippen LogP contribution in [0.15, 0.2) is 42.1 Å². The van der Waals surface area contributed by atoms with Crippen molar-refractivity contribution in [1.82, 2.24) is 5.32 Å². The summed E-state index contributed by atoms with van der Waals surface area (Å²) >= 11 is 0. The molecule has 0 amide bonds. The molecule has 98 valence electrons. The minimum absolute atomic E-state index is 0.0998. The summed E-state index contributed by atoms with van der Waals surface area (Å²) in [6, 6.07) is 10.2. The van der Waals surface area contributed by atoms with Gasteiger partial charge in [-0.1, -0.05) is 30.3 Å². The molecule has 0 fully saturated rings. The van der Waals surface area contributed by atoms with Gasteiger partial charge in [-0.05, 0) is 26.0 Å². The van der Waals surface area contributed by atoms with E-state index in [0.717, 1.165) is 6.42 Å². The maximum Gasteiger partial charge on any atom is 0.332 e. The number of hydrogen-bond acceptors (Lipinski definition) is 4. The van der Waals surface area contributed by atoms with Crippen LogP contribution < -0.4 is 11.1 Å². The molecule has 1 aromatic rings. The molecule has 1 atom stereocenters. The van der Waals surface area contributed by atoms with Gasteiger partial charge in [-0.3, -0.25) is 0 Å². The van der Waals surface area contributed by atoms with Crippen LogP contribution >= 0.6 is 0 Å². The molecule has 0 aliphatic heterocycles. The zero-order valence-corrected chi connectivity index (χ0v) is 10.8. The Morgan fingerprint density at radius 3 is 2.67 bits per heavy atom. The number of carbonyl (C=O) groups is 1. The standard InChI is InChI=1S/C14H20N2O2/c1-11(15)8-14(17)18-10-13(16-2)9-12-6-4-3-5-7-12/h3-8,13,16H,9-10,15H2,1-2H3. The minimum Gasteiger partial charge on any atom is -0.461 e. The van der Waals surface area contributed by atoms with E-state index in [1.54, 1.807) is 6.92 Å². The molecule has 18 heavy (non-hydrogen) atoms. The summed E-state index contributed by atoms with van der Waals surface area (Å²) in [5.41, 5.74) is 7.06. The van der Waals surface area contributed by atoms with E-state index in [1.807, 2.05) is 25.2 Å². The number of carbonyl (C=O) groups excluding carboxylic acids is 1. The van der Waals surface area contributed by atoms with Crippen molar-refractivity contribution in [1.29, 1.82) is 0 Å². The van der Waals surface area contributed by atoms with Crippen molar-refractivity contribution >= 4 is 5.97 Å². The van der Waals surface area contributed by atoms with Crippen LogP contribution in [-0.4, -0.2) is 25.7 Å². The lowest BCUT2D eigenvalue weighted by molar-refractivity contribution is -0.138. The quantitative estimate of drug-likeness (QED) is 0.587. The molecular formula is C14H20N2O2. The normalized spacial score (nSPS) is 13.1. The topological polar surface area (TPSA) is 64.3 Å². The molecule has 0 saturated heterocycles. The first-order chi connectivity index (χ1) is 8.61. The molecule has 0 aliphatic carbocycles. The van der Waals surface area contributed by atoms with E-state index in [9.17, 15) is 4.79 Å². The Balaban J connectivity index is 2.43. The monoisotopic (exact) mass is 248 g/mol. The SMILES string of the molecule is CNC(COC(=O)C=C(C)N)Cc1ccccc1. The van der Waals surface area contributed by atoms with Crippen LogP contribution in [0.3, 0.4) is 0 Å². The van der Waals surface area contributed by atoms with E-state index in [4.69, 9.17) is 10.5 Å². The smallest absolute Gasteiger partial charge is 0.332 e. The van der Waals surface area contributed by atoms with Crippen molar-refractivity contribution < 1.29 is 9.53 Å². The van der Waals surface area contributed by atoms with Gasteiger partial charge in [-0.2, -0.15) is 0 Å². The Morgan fingerprint density at radius 2 is 2.11 bits per heavy atom. The average molecular weight is 248 g/mol. The Morgan fingerprint density at radius 1 is 1.44 bits per heavy atom. The van der Waals surface area contributed by atoms with Crippen LogP contribution in [0.4, 0.5) is 0 Å². The zero-order valence-electron chi connectivity index (χ0n) is 10.8. The fraction of sp³-hybridized carbons (Fsp3) is 0.357. The van der Waals surface area contributed by atoms with Crippen molar-refractivity contribution in [2.75, 3.05) is 13.7 Å². The summed E-state index contributed by atoms with van der Waals surface area (Å²) in [6.07, 6.45) is 2.10. The lowest BCUT2D eigenvalue weighted by atomic mass is 10.1. The van der Waals surface area contributed by atoms with Gasteiger partial charge >= 0.3 is 5.97 Å². The van der Waals surface area contributed by atoms with Crippen LogP contribution in [0.1, 0.15) is 12.5 Å². The van der Waals surface area contributed by atoms with Gasteiger partial charge in [0.15, 0.2) is 0 Å². The summed E-state index contributed by atoms with van der Waals surface area (Å²) in [5, 5.41) is 3.13.